The average molecular weight is 462 g/mol. The predicted octanol–water partition coefficient (Wildman–Crippen LogP) is 2.60. The van der Waals surface area contributed by atoms with E-state index < -0.39 is 0 Å². The van der Waals surface area contributed by atoms with Crippen molar-refractivity contribution in [3.05, 3.63) is 69.6 Å². The van der Waals surface area contributed by atoms with Crippen molar-refractivity contribution in [3.8, 4) is 0 Å². The Hall–Kier alpha value is -3.59. The molecular weight excluding hydrogens is 430 g/mol. The third-order valence-electron chi connectivity index (χ3n) is 6.76. The van der Waals surface area contributed by atoms with Gasteiger partial charge in [-0.2, -0.15) is 0 Å². The fraction of sp³-hybridized carbons (Fsp3) is 0.400. The van der Waals surface area contributed by atoms with Crippen molar-refractivity contribution in [2.45, 2.75) is 52.2 Å². The largest absolute Gasteiger partial charge is 0.394 e. The first-order valence-corrected chi connectivity index (χ1v) is 11.8. The molecule has 1 fully saturated rings. The molecule has 0 amide bonds. The highest BCUT2D eigenvalue weighted by atomic mass is 16.5. The maximum Gasteiger partial charge on any atom is 0.278 e. The van der Waals surface area contributed by atoms with Gasteiger partial charge in [-0.1, -0.05) is 35.5 Å². The molecule has 0 saturated carbocycles. The molecule has 4 N–H and O–H groups in total. The van der Waals surface area contributed by atoms with Gasteiger partial charge in [-0.15, -0.1) is 0 Å². The summed E-state index contributed by atoms with van der Waals surface area (Å²) in [7, 11) is 0. The Bertz CT molecular complexity index is 1350. The molecule has 1 atom stereocenters. The fourth-order valence-electron chi connectivity index (χ4n) is 4.99. The number of rotatable bonds is 6. The molecule has 4 heterocycles. The number of aromatic nitrogens is 4. The van der Waals surface area contributed by atoms with E-state index in [4.69, 9.17) is 16.0 Å². The third kappa shape index (κ3) is 3.96. The van der Waals surface area contributed by atoms with Crippen LogP contribution in [-0.4, -0.2) is 38.4 Å². The lowest BCUT2D eigenvalue weighted by molar-refractivity contribution is 0.392. The first-order chi connectivity index (χ1) is 16.4. The summed E-state index contributed by atoms with van der Waals surface area (Å²) in [5, 5.41) is 4.02. The van der Waals surface area contributed by atoms with E-state index in [-0.39, 0.29) is 11.6 Å². The molecule has 0 bridgehead atoms. The lowest BCUT2D eigenvalue weighted by Crippen LogP contribution is -2.44. The second kappa shape index (κ2) is 8.98. The first kappa shape index (κ1) is 22.2. The second-order valence-corrected chi connectivity index (χ2v) is 9.15. The van der Waals surface area contributed by atoms with Crippen molar-refractivity contribution >= 4 is 22.5 Å². The lowest BCUT2D eigenvalue weighted by Gasteiger charge is -2.33. The molecule has 1 aliphatic heterocycles. The molecule has 0 spiro atoms. The highest BCUT2D eigenvalue weighted by molar-refractivity contribution is 5.96. The van der Waals surface area contributed by atoms with Gasteiger partial charge in [0.25, 0.3) is 5.56 Å². The van der Waals surface area contributed by atoms with Crippen LogP contribution in [0.3, 0.4) is 0 Å². The maximum atomic E-state index is 13.7. The standard InChI is InChI=1S/C25H31N7O2/c1-16-20(17(2)34-29-16)10-12-31-15-28-22-21(27)24(30-11-6-9-19(26)14-30)32(23(22)25(31)33)13-18-7-4-3-5-8-18/h3-5,7-8,15,19H,6,9-14,26-27H2,1-2H3. The number of benzene rings is 1. The molecule has 34 heavy (non-hydrogen) atoms. The molecule has 0 radical (unpaired) electrons. The van der Waals surface area contributed by atoms with Gasteiger partial charge in [-0.05, 0) is 38.7 Å². The number of fused-ring (bicyclic) bond motifs is 1. The van der Waals surface area contributed by atoms with Crippen molar-refractivity contribution in [2.75, 3.05) is 23.7 Å². The molecular formula is C25H31N7O2. The van der Waals surface area contributed by atoms with E-state index >= 15 is 0 Å². The summed E-state index contributed by atoms with van der Waals surface area (Å²) in [6.45, 7) is 6.36. The molecule has 178 valence electrons. The van der Waals surface area contributed by atoms with Crippen LogP contribution in [0.25, 0.3) is 11.0 Å². The first-order valence-electron chi connectivity index (χ1n) is 11.8. The van der Waals surface area contributed by atoms with Gasteiger partial charge >= 0.3 is 0 Å². The van der Waals surface area contributed by atoms with Crippen molar-refractivity contribution < 1.29 is 4.52 Å². The summed E-state index contributed by atoms with van der Waals surface area (Å²) < 4.78 is 8.96. The predicted molar refractivity (Wildman–Crippen MR) is 133 cm³/mol. The van der Waals surface area contributed by atoms with Crippen LogP contribution in [0.1, 0.15) is 35.4 Å². The van der Waals surface area contributed by atoms with E-state index in [9.17, 15) is 4.79 Å². The van der Waals surface area contributed by atoms with Crippen LogP contribution < -0.4 is 21.9 Å². The van der Waals surface area contributed by atoms with Crippen LogP contribution >= 0.6 is 0 Å². The minimum Gasteiger partial charge on any atom is -0.394 e. The van der Waals surface area contributed by atoms with Gasteiger partial charge in [0.05, 0.1) is 12.0 Å². The SMILES string of the molecule is Cc1noc(C)c1CCn1cnc2c(N)c(N3CCCC(N)C3)n(Cc3ccccc3)c2c1=O. The minimum atomic E-state index is -0.105. The molecule has 1 saturated heterocycles. The highest BCUT2D eigenvalue weighted by Gasteiger charge is 2.27. The molecule has 1 aromatic carbocycles. The van der Waals surface area contributed by atoms with Crippen molar-refractivity contribution in [1.82, 2.24) is 19.3 Å². The molecule has 9 nitrogen and oxygen atoms in total. The van der Waals surface area contributed by atoms with E-state index in [1.165, 1.54) is 0 Å². The molecule has 0 aliphatic carbocycles. The number of nitrogen functional groups attached to an aromatic ring is 1. The third-order valence-corrected chi connectivity index (χ3v) is 6.76. The summed E-state index contributed by atoms with van der Waals surface area (Å²) in [5.41, 5.74) is 17.4. The number of hydrogen-bond donors (Lipinski definition) is 2. The van der Waals surface area contributed by atoms with Crippen molar-refractivity contribution in [3.63, 3.8) is 0 Å². The normalized spacial score (nSPS) is 16.4. The van der Waals surface area contributed by atoms with Gasteiger partial charge in [0.15, 0.2) is 0 Å². The summed E-state index contributed by atoms with van der Waals surface area (Å²) in [6.07, 6.45) is 4.21. The Morgan fingerprint density at radius 2 is 2.00 bits per heavy atom. The average Bonchev–Trinajstić information content (AvgIpc) is 3.30. The number of anilines is 2. The van der Waals surface area contributed by atoms with Crippen LogP contribution in [0.4, 0.5) is 11.5 Å². The summed E-state index contributed by atoms with van der Waals surface area (Å²) in [4.78, 5) is 20.6. The van der Waals surface area contributed by atoms with E-state index in [1.54, 1.807) is 10.9 Å². The van der Waals surface area contributed by atoms with Crippen LogP contribution in [0, 0.1) is 13.8 Å². The molecule has 1 unspecified atom stereocenters. The zero-order chi connectivity index (χ0) is 23.8. The van der Waals surface area contributed by atoms with Crippen LogP contribution in [0.5, 0.6) is 0 Å². The number of hydrogen-bond acceptors (Lipinski definition) is 7. The molecule has 4 aromatic rings. The summed E-state index contributed by atoms with van der Waals surface area (Å²) in [5.74, 6) is 1.61. The lowest BCUT2D eigenvalue weighted by atomic mass is 10.1. The van der Waals surface area contributed by atoms with E-state index in [1.807, 2.05) is 36.6 Å². The molecule has 5 rings (SSSR count). The number of aryl methyl sites for hydroxylation is 3. The fourth-order valence-corrected chi connectivity index (χ4v) is 4.99. The topological polar surface area (TPSA) is 121 Å². The quantitative estimate of drug-likeness (QED) is 0.453. The zero-order valence-electron chi connectivity index (χ0n) is 19.7. The Kier molecular flexibility index (Phi) is 5.87. The van der Waals surface area contributed by atoms with Crippen molar-refractivity contribution in [2.24, 2.45) is 5.73 Å². The minimum absolute atomic E-state index is 0.0796. The molecule has 9 heteroatoms. The van der Waals surface area contributed by atoms with Gasteiger partial charge in [0, 0.05) is 37.8 Å². The monoisotopic (exact) mass is 461 g/mol. The van der Waals surface area contributed by atoms with Gasteiger partial charge in [-0.3, -0.25) is 9.36 Å². The highest BCUT2D eigenvalue weighted by Crippen LogP contribution is 2.35. The zero-order valence-corrected chi connectivity index (χ0v) is 19.7. The van der Waals surface area contributed by atoms with E-state index in [0.717, 1.165) is 47.8 Å². The van der Waals surface area contributed by atoms with Gasteiger partial charge < -0.3 is 25.5 Å². The smallest absolute Gasteiger partial charge is 0.278 e. The van der Waals surface area contributed by atoms with Gasteiger partial charge in [0.2, 0.25) is 0 Å². The van der Waals surface area contributed by atoms with Crippen molar-refractivity contribution in [1.29, 1.82) is 0 Å². The van der Waals surface area contributed by atoms with Gasteiger partial charge in [0.1, 0.15) is 28.3 Å². The van der Waals surface area contributed by atoms with Crippen LogP contribution in [0.2, 0.25) is 0 Å². The van der Waals surface area contributed by atoms with Gasteiger partial charge in [-0.25, -0.2) is 4.98 Å². The molecule has 3 aromatic heterocycles. The van der Waals surface area contributed by atoms with E-state index in [0.29, 0.717) is 42.8 Å². The Morgan fingerprint density at radius 3 is 2.71 bits per heavy atom. The number of piperidine rings is 1. The second-order valence-electron chi connectivity index (χ2n) is 9.15. The Labute approximate surface area is 198 Å². The summed E-state index contributed by atoms with van der Waals surface area (Å²) in [6, 6.07) is 10.2. The Morgan fingerprint density at radius 1 is 1.21 bits per heavy atom. The summed E-state index contributed by atoms with van der Waals surface area (Å²) >= 11 is 0. The maximum absolute atomic E-state index is 13.7. The van der Waals surface area contributed by atoms with E-state index in [2.05, 4.69) is 27.2 Å². The van der Waals surface area contributed by atoms with Crippen LogP contribution in [-0.2, 0) is 19.5 Å². The molecule has 1 aliphatic rings. The number of nitrogens with zero attached hydrogens (tertiary/aromatic N) is 5. The van der Waals surface area contributed by atoms with Crippen LogP contribution in [0.15, 0.2) is 46.0 Å². The number of nitrogens with two attached hydrogens (primary N) is 2. The Balaban J connectivity index is 1.61.